The number of nitrogens with zero attached hydrogens (tertiary/aromatic N) is 3. The first kappa shape index (κ1) is 14.9. The minimum Gasteiger partial charge on any atom is -0.328 e. The second kappa shape index (κ2) is 6.11. The molecule has 0 radical (unpaired) electrons. The Morgan fingerprint density at radius 3 is 2.62 bits per heavy atom. The van der Waals surface area contributed by atoms with Gasteiger partial charge in [-0.1, -0.05) is 37.3 Å². The van der Waals surface area contributed by atoms with Gasteiger partial charge in [-0.3, -0.25) is 4.79 Å². The molecule has 1 amide bonds. The Kier molecular flexibility index (Phi) is 3.81. The van der Waals surface area contributed by atoms with E-state index in [2.05, 4.69) is 29.7 Å². The molecule has 0 N–H and O–H groups in total. The van der Waals surface area contributed by atoms with Gasteiger partial charge in [0.05, 0.1) is 11.0 Å². The molecule has 0 aliphatic carbocycles. The van der Waals surface area contributed by atoms with Crippen molar-refractivity contribution in [3.05, 3.63) is 60.4 Å². The molecular formula is C20H21N3O. The molecule has 0 saturated carbocycles. The van der Waals surface area contributed by atoms with E-state index in [0.717, 1.165) is 30.0 Å². The van der Waals surface area contributed by atoms with Crippen LogP contribution < -0.4 is 4.90 Å². The standard InChI is InChI=1S/C20H21N3O/c1-2-12-22-18-11-7-6-10-17(18)21-20(22)15-13-19(24)23(14-15)16-8-4-3-5-9-16/h3-11,15H,2,12-14H2,1H3/t15-/m1/s1. The minimum atomic E-state index is 0.150. The summed E-state index contributed by atoms with van der Waals surface area (Å²) in [6, 6.07) is 18.2. The number of carbonyl (C=O) groups excluding carboxylic acids is 1. The van der Waals surface area contributed by atoms with Crippen LogP contribution in [0.3, 0.4) is 0 Å². The Morgan fingerprint density at radius 2 is 1.83 bits per heavy atom. The zero-order chi connectivity index (χ0) is 16.5. The van der Waals surface area contributed by atoms with Crippen LogP contribution in [0.25, 0.3) is 11.0 Å². The fraction of sp³-hybridized carbons (Fsp3) is 0.300. The fourth-order valence-electron chi connectivity index (χ4n) is 3.60. The number of amides is 1. The summed E-state index contributed by atoms with van der Waals surface area (Å²) in [5.41, 5.74) is 3.16. The van der Waals surface area contributed by atoms with Gasteiger partial charge in [0.15, 0.2) is 0 Å². The number of hydrogen-bond acceptors (Lipinski definition) is 2. The molecule has 4 heteroatoms. The van der Waals surface area contributed by atoms with Crippen LogP contribution in [-0.2, 0) is 11.3 Å². The van der Waals surface area contributed by atoms with Crippen LogP contribution in [0.2, 0.25) is 0 Å². The summed E-state index contributed by atoms with van der Waals surface area (Å²) in [6.45, 7) is 3.82. The van der Waals surface area contributed by atoms with Gasteiger partial charge in [-0.05, 0) is 30.7 Å². The monoisotopic (exact) mass is 319 g/mol. The van der Waals surface area contributed by atoms with Crippen molar-refractivity contribution in [3.8, 4) is 0 Å². The van der Waals surface area contributed by atoms with Gasteiger partial charge in [0.2, 0.25) is 5.91 Å². The lowest BCUT2D eigenvalue weighted by Crippen LogP contribution is -2.24. The second-order valence-electron chi connectivity index (χ2n) is 6.35. The van der Waals surface area contributed by atoms with Crippen LogP contribution in [0.1, 0.15) is 31.5 Å². The van der Waals surface area contributed by atoms with E-state index in [1.807, 2.05) is 41.3 Å². The third-order valence-corrected chi connectivity index (χ3v) is 4.69. The Hall–Kier alpha value is -2.62. The van der Waals surface area contributed by atoms with Crippen molar-refractivity contribution >= 4 is 22.6 Å². The zero-order valence-electron chi connectivity index (χ0n) is 13.9. The summed E-state index contributed by atoms with van der Waals surface area (Å²) in [5, 5.41) is 0. The average molecular weight is 319 g/mol. The maximum Gasteiger partial charge on any atom is 0.227 e. The normalized spacial score (nSPS) is 17.8. The van der Waals surface area contributed by atoms with Crippen molar-refractivity contribution in [1.82, 2.24) is 9.55 Å². The van der Waals surface area contributed by atoms with E-state index in [1.54, 1.807) is 0 Å². The van der Waals surface area contributed by atoms with Crippen molar-refractivity contribution in [2.24, 2.45) is 0 Å². The summed E-state index contributed by atoms with van der Waals surface area (Å²) in [7, 11) is 0. The Bertz CT molecular complexity index is 869. The van der Waals surface area contributed by atoms with Crippen LogP contribution in [-0.4, -0.2) is 22.0 Å². The van der Waals surface area contributed by atoms with Crippen molar-refractivity contribution in [2.45, 2.75) is 32.2 Å². The van der Waals surface area contributed by atoms with E-state index in [0.29, 0.717) is 13.0 Å². The number of aromatic nitrogens is 2. The molecule has 1 fully saturated rings. The Morgan fingerprint density at radius 1 is 1.08 bits per heavy atom. The number of para-hydroxylation sites is 3. The highest BCUT2D eigenvalue weighted by atomic mass is 16.2. The molecule has 1 aliphatic heterocycles. The third-order valence-electron chi connectivity index (χ3n) is 4.69. The van der Waals surface area contributed by atoms with Crippen molar-refractivity contribution in [1.29, 1.82) is 0 Å². The first-order valence-electron chi connectivity index (χ1n) is 8.58. The summed E-state index contributed by atoms with van der Waals surface area (Å²) in [5.74, 6) is 1.38. The van der Waals surface area contributed by atoms with Gasteiger partial charge >= 0.3 is 0 Å². The van der Waals surface area contributed by atoms with Gasteiger partial charge < -0.3 is 9.47 Å². The number of anilines is 1. The quantitative estimate of drug-likeness (QED) is 0.730. The van der Waals surface area contributed by atoms with Crippen LogP contribution >= 0.6 is 0 Å². The molecule has 122 valence electrons. The van der Waals surface area contributed by atoms with Gasteiger partial charge in [0, 0.05) is 31.1 Å². The van der Waals surface area contributed by atoms with Crippen LogP contribution in [0.15, 0.2) is 54.6 Å². The highest BCUT2D eigenvalue weighted by molar-refractivity contribution is 5.96. The summed E-state index contributed by atoms with van der Waals surface area (Å²) < 4.78 is 2.29. The van der Waals surface area contributed by atoms with Crippen LogP contribution in [0, 0.1) is 0 Å². The number of aryl methyl sites for hydroxylation is 1. The van der Waals surface area contributed by atoms with E-state index in [9.17, 15) is 4.79 Å². The first-order chi connectivity index (χ1) is 11.8. The second-order valence-corrected chi connectivity index (χ2v) is 6.35. The molecule has 4 rings (SSSR count). The lowest BCUT2D eigenvalue weighted by molar-refractivity contribution is -0.117. The van der Waals surface area contributed by atoms with Gasteiger partial charge in [0.25, 0.3) is 0 Å². The third kappa shape index (κ3) is 2.48. The van der Waals surface area contributed by atoms with Gasteiger partial charge in [-0.25, -0.2) is 4.98 Å². The lowest BCUT2D eigenvalue weighted by Gasteiger charge is -2.17. The fourth-order valence-corrected chi connectivity index (χ4v) is 3.60. The lowest BCUT2D eigenvalue weighted by atomic mass is 10.1. The molecule has 1 atom stereocenters. The number of rotatable bonds is 4. The zero-order valence-corrected chi connectivity index (χ0v) is 13.9. The molecule has 3 aromatic rings. The van der Waals surface area contributed by atoms with E-state index >= 15 is 0 Å². The molecule has 2 heterocycles. The van der Waals surface area contributed by atoms with Gasteiger partial charge in [-0.15, -0.1) is 0 Å². The number of hydrogen-bond donors (Lipinski definition) is 0. The van der Waals surface area contributed by atoms with E-state index in [-0.39, 0.29) is 11.8 Å². The molecule has 0 spiro atoms. The largest absolute Gasteiger partial charge is 0.328 e. The smallest absolute Gasteiger partial charge is 0.227 e. The van der Waals surface area contributed by atoms with Crippen molar-refractivity contribution in [3.63, 3.8) is 0 Å². The maximum absolute atomic E-state index is 12.5. The van der Waals surface area contributed by atoms with Gasteiger partial charge in [0.1, 0.15) is 5.82 Å². The molecule has 1 aliphatic rings. The predicted molar refractivity (Wildman–Crippen MR) is 96.2 cm³/mol. The van der Waals surface area contributed by atoms with Crippen LogP contribution in [0.4, 0.5) is 5.69 Å². The SMILES string of the molecule is CCCn1c([C@@H]2CC(=O)N(c3ccccc3)C2)nc2ccccc21. The van der Waals surface area contributed by atoms with E-state index < -0.39 is 0 Å². The minimum absolute atomic E-state index is 0.150. The molecule has 0 unspecified atom stereocenters. The highest BCUT2D eigenvalue weighted by Gasteiger charge is 2.34. The highest BCUT2D eigenvalue weighted by Crippen LogP contribution is 2.33. The summed E-state index contributed by atoms with van der Waals surface area (Å²) in [4.78, 5) is 19.3. The van der Waals surface area contributed by atoms with E-state index in [4.69, 9.17) is 4.98 Å². The Balaban J connectivity index is 1.71. The number of imidazole rings is 1. The predicted octanol–water partition coefficient (Wildman–Crippen LogP) is 3.97. The number of carbonyl (C=O) groups is 1. The number of fused-ring (bicyclic) bond motifs is 1. The molecule has 4 nitrogen and oxygen atoms in total. The van der Waals surface area contributed by atoms with Crippen molar-refractivity contribution in [2.75, 3.05) is 11.4 Å². The molecule has 1 aromatic heterocycles. The van der Waals surface area contributed by atoms with Crippen LogP contribution in [0.5, 0.6) is 0 Å². The summed E-state index contributed by atoms with van der Waals surface area (Å²) in [6.07, 6.45) is 1.58. The molecule has 0 bridgehead atoms. The molecular weight excluding hydrogens is 298 g/mol. The molecule has 2 aromatic carbocycles. The first-order valence-corrected chi connectivity index (χ1v) is 8.58. The topological polar surface area (TPSA) is 38.1 Å². The number of benzene rings is 2. The van der Waals surface area contributed by atoms with Crippen molar-refractivity contribution < 1.29 is 4.79 Å². The maximum atomic E-state index is 12.5. The Labute approximate surface area is 141 Å². The molecule has 24 heavy (non-hydrogen) atoms. The van der Waals surface area contributed by atoms with Gasteiger partial charge in [-0.2, -0.15) is 0 Å². The average Bonchev–Trinajstić information content (AvgIpc) is 3.17. The summed E-state index contributed by atoms with van der Waals surface area (Å²) >= 11 is 0. The molecule has 1 saturated heterocycles. The van der Waals surface area contributed by atoms with E-state index in [1.165, 1.54) is 5.52 Å².